The zero-order valence-corrected chi connectivity index (χ0v) is 12.3. The van der Waals surface area contributed by atoms with Crippen LogP contribution >= 0.6 is 11.8 Å². The minimum absolute atomic E-state index is 0.0473. The number of hydrogen-bond donors (Lipinski definition) is 3. The number of carbonyl (C=O) groups excluding carboxylic acids is 2. The first kappa shape index (κ1) is 17.8. The van der Waals surface area contributed by atoms with E-state index in [1.807, 2.05) is 13.8 Å². The quantitative estimate of drug-likeness (QED) is 0.508. The second-order valence-electron chi connectivity index (χ2n) is 4.62. The SMILES string of the molecule is CC(C)CNC(=O)C(C)SCCC(NC=O)C(=O)O. The summed E-state index contributed by atoms with van der Waals surface area (Å²) >= 11 is 1.38. The van der Waals surface area contributed by atoms with Gasteiger partial charge in [0.15, 0.2) is 0 Å². The molecule has 0 spiro atoms. The topological polar surface area (TPSA) is 95.5 Å². The molecule has 3 N–H and O–H groups in total. The van der Waals surface area contributed by atoms with Gasteiger partial charge in [0, 0.05) is 6.54 Å². The summed E-state index contributed by atoms with van der Waals surface area (Å²) in [5.74, 6) is -0.221. The van der Waals surface area contributed by atoms with Crippen molar-refractivity contribution in [3.63, 3.8) is 0 Å². The third-order valence-corrected chi connectivity index (χ3v) is 3.58. The van der Waals surface area contributed by atoms with Crippen molar-refractivity contribution in [1.29, 1.82) is 0 Å². The monoisotopic (exact) mass is 290 g/mol. The van der Waals surface area contributed by atoms with Gasteiger partial charge in [0.05, 0.1) is 5.25 Å². The highest BCUT2D eigenvalue weighted by molar-refractivity contribution is 8.00. The van der Waals surface area contributed by atoms with Crippen LogP contribution in [-0.4, -0.2) is 47.0 Å². The van der Waals surface area contributed by atoms with Gasteiger partial charge < -0.3 is 15.7 Å². The van der Waals surface area contributed by atoms with Crippen LogP contribution in [0.25, 0.3) is 0 Å². The molecule has 0 saturated heterocycles. The van der Waals surface area contributed by atoms with Gasteiger partial charge in [-0.15, -0.1) is 11.8 Å². The van der Waals surface area contributed by atoms with E-state index >= 15 is 0 Å². The molecule has 0 radical (unpaired) electrons. The molecule has 0 aromatic rings. The Morgan fingerprint density at radius 1 is 1.32 bits per heavy atom. The van der Waals surface area contributed by atoms with E-state index in [4.69, 9.17) is 5.11 Å². The Labute approximate surface area is 117 Å². The summed E-state index contributed by atoms with van der Waals surface area (Å²) in [5.41, 5.74) is 0. The lowest BCUT2D eigenvalue weighted by atomic mass is 10.2. The molecule has 2 unspecified atom stereocenters. The number of carboxylic acids is 1. The van der Waals surface area contributed by atoms with Gasteiger partial charge in [-0.25, -0.2) is 4.79 Å². The molecule has 0 aliphatic rings. The van der Waals surface area contributed by atoms with Crippen molar-refractivity contribution >= 4 is 30.0 Å². The van der Waals surface area contributed by atoms with Crippen molar-refractivity contribution in [3.05, 3.63) is 0 Å². The number of carboxylic acid groups (broad SMARTS) is 1. The van der Waals surface area contributed by atoms with Crippen molar-refractivity contribution in [2.45, 2.75) is 38.5 Å². The molecule has 19 heavy (non-hydrogen) atoms. The maximum atomic E-state index is 11.7. The molecule has 0 saturated carbocycles. The van der Waals surface area contributed by atoms with Crippen LogP contribution in [0.4, 0.5) is 0 Å². The zero-order valence-electron chi connectivity index (χ0n) is 11.5. The lowest BCUT2D eigenvalue weighted by molar-refractivity contribution is -0.140. The minimum Gasteiger partial charge on any atom is -0.480 e. The summed E-state index contributed by atoms with van der Waals surface area (Å²) in [6.45, 7) is 6.44. The predicted molar refractivity (Wildman–Crippen MR) is 75.0 cm³/mol. The highest BCUT2D eigenvalue weighted by Gasteiger charge is 2.18. The van der Waals surface area contributed by atoms with E-state index in [9.17, 15) is 14.4 Å². The van der Waals surface area contributed by atoms with E-state index in [0.29, 0.717) is 31.0 Å². The number of nitrogens with one attached hydrogen (secondary N) is 2. The Balaban J connectivity index is 3.94. The summed E-state index contributed by atoms with van der Waals surface area (Å²) in [7, 11) is 0. The lowest BCUT2D eigenvalue weighted by Gasteiger charge is -2.15. The van der Waals surface area contributed by atoms with E-state index in [1.54, 1.807) is 6.92 Å². The summed E-state index contributed by atoms with van der Waals surface area (Å²) in [5, 5.41) is 13.6. The van der Waals surface area contributed by atoms with E-state index < -0.39 is 12.0 Å². The van der Waals surface area contributed by atoms with Gasteiger partial charge in [-0.05, 0) is 25.0 Å². The first-order valence-electron chi connectivity index (χ1n) is 6.20. The highest BCUT2D eigenvalue weighted by atomic mass is 32.2. The van der Waals surface area contributed by atoms with Crippen molar-refractivity contribution in [2.24, 2.45) is 5.92 Å². The Morgan fingerprint density at radius 3 is 2.42 bits per heavy atom. The van der Waals surface area contributed by atoms with Gasteiger partial charge in [-0.1, -0.05) is 13.8 Å². The third kappa shape index (κ3) is 8.47. The Hall–Kier alpha value is -1.24. The van der Waals surface area contributed by atoms with Gasteiger partial charge in [-0.2, -0.15) is 0 Å². The first-order valence-corrected chi connectivity index (χ1v) is 7.25. The van der Waals surface area contributed by atoms with Crippen molar-refractivity contribution in [3.8, 4) is 0 Å². The van der Waals surface area contributed by atoms with E-state index in [0.717, 1.165) is 0 Å². The largest absolute Gasteiger partial charge is 0.480 e. The smallest absolute Gasteiger partial charge is 0.326 e. The molecular weight excluding hydrogens is 268 g/mol. The fourth-order valence-electron chi connectivity index (χ4n) is 1.25. The highest BCUT2D eigenvalue weighted by Crippen LogP contribution is 2.13. The summed E-state index contributed by atoms with van der Waals surface area (Å²) in [6.07, 6.45) is 0.669. The predicted octanol–water partition coefficient (Wildman–Crippen LogP) is 0.470. The maximum absolute atomic E-state index is 11.7. The molecule has 110 valence electrons. The van der Waals surface area contributed by atoms with Crippen LogP contribution in [0.15, 0.2) is 0 Å². The van der Waals surface area contributed by atoms with Crippen LogP contribution in [0.2, 0.25) is 0 Å². The first-order chi connectivity index (χ1) is 8.88. The molecule has 0 aromatic heterocycles. The van der Waals surface area contributed by atoms with Crippen molar-refractivity contribution in [2.75, 3.05) is 12.3 Å². The molecule has 0 fully saturated rings. The average Bonchev–Trinajstić information content (AvgIpc) is 2.34. The van der Waals surface area contributed by atoms with Crippen LogP contribution in [0, 0.1) is 5.92 Å². The average molecular weight is 290 g/mol. The normalized spacial score (nSPS) is 13.7. The second-order valence-corrected chi connectivity index (χ2v) is 6.06. The van der Waals surface area contributed by atoms with Crippen LogP contribution in [0.5, 0.6) is 0 Å². The summed E-state index contributed by atoms with van der Waals surface area (Å²) < 4.78 is 0. The number of thioether (sulfide) groups is 1. The lowest BCUT2D eigenvalue weighted by Crippen LogP contribution is -2.37. The number of rotatable bonds is 10. The molecular formula is C12H22N2O4S. The maximum Gasteiger partial charge on any atom is 0.326 e. The number of aliphatic carboxylic acids is 1. The van der Waals surface area contributed by atoms with Crippen molar-refractivity contribution in [1.82, 2.24) is 10.6 Å². The third-order valence-electron chi connectivity index (χ3n) is 2.40. The number of amides is 2. The van der Waals surface area contributed by atoms with Crippen LogP contribution in [0.3, 0.4) is 0 Å². The van der Waals surface area contributed by atoms with Crippen LogP contribution in [-0.2, 0) is 14.4 Å². The second kappa shape index (κ2) is 9.66. The van der Waals surface area contributed by atoms with Gasteiger partial charge in [0.25, 0.3) is 0 Å². The molecule has 0 aliphatic heterocycles. The molecule has 7 heteroatoms. The fourth-order valence-corrected chi connectivity index (χ4v) is 2.21. The van der Waals surface area contributed by atoms with E-state index in [1.165, 1.54) is 11.8 Å². The molecule has 0 heterocycles. The van der Waals surface area contributed by atoms with Crippen LogP contribution < -0.4 is 10.6 Å². The Bertz CT molecular complexity index is 310. The molecule has 0 aliphatic carbocycles. The summed E-state index contributed by atoms with van der Waals surface area (Å²) in [4.78, 5) is 32.7. The van der Waals surface area contributed by atoms with Gasteiger partial charge in [0.2, 0.25) is 12.3 Å². The molecule has 0 rings (SSSR count). The Morgan fingerprint density at radius 2 is 1.95 bits per heavy atom. The van der Waals surface area contributed by atoms with Crippen molar-refractivity contribution < 1.29 is 19.5 Å². The number of carbonyl (C=O) groups is 3. The minimum atomic E-state index is -1.07. The van der Waals surface area contributed by atoms with Crippen LogP contribution in [0.1, 0.15) is 27.2 Å². The Kier molecular flexibility index (Phi) is 9.03. The fraction of sp³-hybridized carbons (Fsp3) is 0.750. The number of hydrogen-bond acceptors (Lipinski definition) is 4. The van der Waals surface area contributed by atoms with Gasteiger partial charge >= 0.3 is 5.97 Å². The molecule has 2 amide bonds. The molecule has 2 atom stereocenters. The molecule has 0 bridgehead atoms. The molecule has 0 aromatic carbocycles. The zero-order chi connectivity index (χ0) is 14.8. The summed E-state index contributed by atoms with van der Waals surface area (Å²) in [6, 6.07) is -0.893. The standard InChI is InChI=1S/C12H22N2O4S/c1-8(2)6-13-11(16)9(3)19-5-4-10(12(17)18)14-7-15/h7-10H,4-6H2,1-3H3,(H,13,16)(H,14,15)(H,17,18). The van der Waals surface area contributed by atoms with Gasteiger partial charge in [0.1, 0.15) is 6.04 Å². The molecule has 6 nitrogen and oxygen atoms in total. The van der Waals surface area contributed by atoms with E-state index in [-0.39, 0.29) is 11.2 Å². The van der Waals surface area contributed by atoms with Gasteiger partial charge in [-0.3, -0.25) is 9.59 Å². The van der Waals surface area contributed by atoms with E-state index in [2.05, 4.69) is 10.6 Å².